The number of aromatic hydroxyl groups is 2. The van der Waals surface area contributed by atoms with E-state index in [1.54, 1.807) is 0 Å². The molecule has 0 radical (unpaired) electrons. The molecule has 4 unspecified atom stereocenters. The molecular weight excluding hydrogens is 472 g/mol. The van der Waals surface area contributed by atoms with Gasteiger partial charge >= 0.3 is 5.97 Å². The molecule has 1 heterocycles. The second-order valence-electron chi connectivity index (χ2n) is 8.56. The van der Waals surface area contributed by atoms with Gasteiger partial charge in [0.2, 0.25) is 11.8 Å². The summed E-state index contributed by atoms with van der Waals surface area (Å²) in [6.45, 7) is 0.913. The highest BCUT2D eigenvalue weighted by molar-refractivity contribution is 5.87. The van der Waals surface area contributed by atoms with Gasteiger partial charge in [-0.3, -0.25) is 15.0 Å². The first-order valence-electron chi connectivity index (χ1n) is 11.5. The molecule has 1 aromatic carbocycles. The van der Waals surface area contributed by atoms with Crippen LogP contribution >= 0.6 is 0 Å². The van der Waals surface area contributed by atoms with E-state index >= 15 is 0 Å². The fraction of sp³-hybridized carbons (Fsp3) is 0.478. The van der Waals surface area contributed by atoms with Crippen molar-refractivity contribution in [2.75, 3.05) is 13.1 Å². The summed E-state index contributed by atoms with van der Waals surface area (Å²) in [7, 11) is 0. The molecule has 198 valence electrons. The molecule has 36 heavy (non-hydrogen) atoms. The molecule has 0 saturated carbocycles. The van der Waals surface area contributed by atoms with Gasteiger partial charge in [-0.2, -0.15) is 0 Å². The van der Waals surface area contributed by atoms with Crippen LogP contribution in [0.15, 0.2) is 29.8 Å². The first-order chi connectivity index (χ1) is 17.0. The normalized spacial score (nSPS) is 17.5. The maximum absolute atomic E-state index is 12.2. The van der Waals surface area contributed by atoms with Gasteiger partial charge in [-0.15, -0.1) is 0 Å². The predicted octanol–water partition coefficient (Wildman–Crippen LogP) is -1.07. The third-order valence-electron chi connectivity index (χ3n) is 5.78. The molecule has 2 rings (SSSR count). The second kappa shape index (κ2) is 13.4. The first-order valence-corrected chi connectivity index (χ1v) is 11.5. The van der Waals surface area contributed by atoms with Crippen LogP contribution in [0.4, 0.5) is 0 Å². The van der Waals surface area contributed by atoms with E-state index in [1.807, 2.05) is 6.08 Å². The number of amides is 2. The van der Waals surface area contributed by atoms with Crippen LogP contribution in [0.1, 0.15) is 43.8 Å². The number of aliphatic hydroxyl groups is 1. The number of nitrogens with one attached hydrogen (secondary N) is 4. The van der Waals surface area contributed by atoms with Crippen LogP contribution in [0.5, 0.6) is 11.5 Å². The van der Waals surface area contributed by atoms with Gasteiger partial charge in [0.15, 0.2) is 17.5 Å². The molecule has 0 aliphatic carbocycles. The van der Waals surface area contributed by atoms with Crippen LogP contribution < -0.4 is 27.4 Å². The quantitative estimate of drug-likeness (QED) is 0.0481. The lowest BCUT2D eigenvalue weighted by molar-refractivity contribution is -0.145. The van der Waals surface area contributed by atoms with Crippen molar-refractivity contribution in [3.8, 4) is 11.5 Å². The third-order valence-corrected chi connectivity index (χ3v) is 5.78. The fourth-order valence-electron chi connectivity index (χ4n) is 3.78. The Morgan fingerprint density at radius 1 is 1.17 bits per heavy atom. The number of carbonyl (C=O) groups excluding carboxylic acids is 2. The van der Waals surface area contributed by atoms with E-state index in [4.69, 9.17) is 16.9 Å². The molecule has 0 aromatic heterocycles. The highest BCUT2D eigenvalue weighted by Crippen LogP contribution is 2.29. The summed E-state index contributed by atoms with van der Waals surface area (Å²) in [6.07, 6.45) is 2.10. The summed E-state index contributed by atoms with van der Waals surface area (Å²) < 4.78 is 0. The number of carboxylic acid groups (broad SMARTS) is 1. The molecule has 0 saturated heterocycles. The van der Waals surface area contributed by atoms with Gasteiger partial charge in [-0.1, -0.05) is 18.6 Å². The number of nitrogens with two attached hydrogens (primary N) is 2. The maximum Gasteiger partial charge on any atom is 0.329 e. The van der Waals surface area contributed by atoms with Crippen LogP contribution in [0.2, 0.25) is 0 Å². The van der Waals surface area contributed by atoms with E-state index in [-0.39, 0.29) is 30.1 Å². The summed E-state index contributed by atoms with van der Waals surface area (Å²) in [6, 6.07) is 0.544. The van der Waals surface area contributed by atoms with E-state index in [0.29, 0.717) is 32.4 Å². The minimum Gasteiger partial charge on any atom is -0.504 e. The number of carboxylic acids is 1. The van der Waals surface area contributed by atoms with E-state index in [0.717, 1.165) is 17.7 Å². The molecule has 0 bridgehead atoms. The van der Waals surface area contributed by atoms with Crippen LogP contribution in [0.3, 0.4) is 0 Å². The van der Waals surface area contributed by atoms with Crippen molar-refractivity contribution in [3.05, 3.63) is 35.4 Å². The summed E-state index contributed by atoms with van der Waals surface area (Å²) in [4.78, 5) is 35.9. The average molecular weight is 507 g/mol. The van der Waals surface area contributed by atoms with Gasteiger partial charge in [0.1, 0.15) is 11.9 Å². The van der Waals surface area contributed by atoms with Gasteiger partial charge in [0, 0.05) is 19.5 Å². The Balaban J connectivity index is 1.68. The zero-order valence-electron chi connectivity index (χ0n) is 19.7. The fourth-order valence-corrected chi connectivity index (χ4v) is 3.78. The smallest absolute Gasteiger partial charge is 0.329 e. The van der Waals surface area contributed by atoms with Crippen molar-refractivity contribution >= 4 is 23.6 Å². The third kappa shape index (κ3) is 8.22. The number of unbranched alkanes of at least 4 members (excludes halogenated alkanes) is 2. The van der Waals surface area contributed by atoms with Gasteiger partial charge < -0.3 is 47.8 Å². The Hall–Kier alpha value is -3.68. The number of hydrogen-bond acceptors (Lipinski definition) is 9. The lowest BCUT2D eigenvalue weighted by Crippen LogP contribution is -2.45. The number of carbonyl (C=O) groups is 3. The molecule has 13 nitrogen and oxygen atoms in total. The number of phenolic OH excluding ortho intramolecular Hbond substituents is 2. The SMILES string of the molecule is N=C(N)C1NCC=C1CC(N)C(=O)NCCCCCC(=O)NC(C(=O)O)C(O)c1ccc(O)c(O)c1. The van der Waals surface area contributed by atoms with Crippen molar-refractivity contribution in [2.24, 2.45) is 11.5 Å². The lowest BCUT2D eigenvalue weighted by Gasteiger charge is -2.21. The monoisotopic (exact) mass is 506 g/mol. The van der Waals surface area contributed by atoms with Gasteiger partial charge in [0.25, 0.3) is 0 Å². The Morgan fingerprint density at radius 2 is 1.89 bits per heavy atom. The Bertz CT molecular complexity index is 999. The van der Waals surface area contributed by atoms with Crippen molar-refractivity contribution in [2.45, 2.75) is 56.3 Å². The molecule has 2 amide bonds. The van der Waals surface area contributed by atoms with E-state index in [2.05, 4.69) is 16.0 Å². The first kappa shape index (κ1) is 28.6. The largest absolute Gasteiger partial charge is 0.504 e. The summed E-state index contributed by atoms with van der Waals surface area (Å²) in [5.41, 5.74) is 12.3. The molecule has 13 heteroatoms. The summed E-state index contributed by atoms with van der Waals surface area (Å²) >= 11 is 0. The number of hydrogen-bond donors (Lipinski definition) is 10. The molecule has 1 aliphatic rings. The molecule has 1 aromatic rings. The molecular formula is C23H34N6O7. The highest BCUT2D eigenvalue weighted by Gasteiger charge is 2.30. The number of phenols is 2. The van der Waals surface area contributed by atoms with E-state index in [1.165, 1.54) is 6.07 Å². The summed E-state index contributed by atoms with van der Waals surface area (Å²) in [5.74, 6) is -3.34. The minimum atomic E-state index is -1.64. The van der Waals surface area contributed by atoms with Crippen LogP contribution in [0.25, 0.3) is 0 Å². The Labute approximate surface area is 208 Å². The predicted molar refractivity (Wildman–Crippen MR) is 130 cm³/mol. The molecule has 12 N–H and O–H groups in total. The van der Waals surface area contributed by atoms with Crippen molar-refractivity contribution < 1.29 is 34.8 Å². The zero-order chi connectivity index (χ0) is 26.8. The topological polar surface area (TPSA) is 244 Å². The van der Waals surface area contributed by atoms with Crippen molar-refractivity contribution in [1.82, 2.24) is 16.0 Å². The van der Waals surface area contributed by atoms with E-state index in [9.17, 15) is 34.8 Å². The van der Waals surface area contributed by atoms with Crippen molar-refractivity contribution in [3.63, 3.8) is 0 Å². The minimum absolute atomic E-state index is 0.0123. The Morgan fingerprint density at radius 3 is 2.53 bits per heavy atom. The standard InChI is InChI=1S/C23H34N6O7/c24-14(10-12-7-9-27-18(12)21(25)26)22(34)28-8-3-1-2-4-17(32)29-19(23(35)36)20(33)13-5-6-15(30)16(31)11-13/h5-7,11,14,18-20,27,30-31,33H,1-4,8-10,24H2,(H3,25,26)(H,28,34)(H,29,32)(H,35,36). The molecule has 1 aliphatic heterocycles. The number of rotatable bonds is 14. The van der Waals surface area contributed by atoms with Crippen LogP contribution in [-0.4, -0.2) is 75.3 Å². The highest BCUT2D eigenvalue weighted by atomic mass is 16.4. The van der Waals surface area contributed by atoms with E-state index < -0.39 is 47.6 Å². The number of aliphatic carboxylic acids is 1. The van der Waals surface area contributed by atoms with Crippen LogP contribution in [0, 0.1) is 5.41 Å². The molecule has 4 atom stereocenters. The Kier molecular flexibility index (Phi) is 10.6. The average Bonchev–Trinajstić information content (AvgIpc) is 3.29. The number of aliphatic hydroxyl groups excluding tert-OH is 1. The lowest BCUT2D eigenvalue weighted by atomic mass is 10.0. The molecule has 0 spiro atoms. The second-order valence-corrected chi connectivity index (χ2v) is 8.56. The maximum atomic E-state index is 12.2. The van der Waals surface area contributed by atoms with Gasteiger partial charge in [0.05, 0.1) is 12.1 Å². The zero-order valence-corrected chi connectivity index (χ0v) is 19.7. The number of amidine groups is 1. The van der Waals surface area contributed by atoms with Gasteiger partial charge in [-0.25, -0.2) is 4.79 Å². The summed E-state index contributed by atoms with van der Waals surface area (Å²) in [5, 5.41) is 54.2. The molecule has 0 fully saturated rings. The van der Waals surface area contributed by atoms with Gasteiger partial charge in [-0.05, 0) is 42.5 Å². The number of benzene rings is 1. The van der Waals surface area contributed by atoms with Crippen molar-refractivity contribution in [1.29, 1.82) is 5.41 Å². The van der Waals surface area contributed by atoms with Crippen LogP contribution in [-0.2, 0) is 14.4 Å².